The number of hydrogen-bond acceptors (Lipinski definition) is 3. The standard InChI is InChI=1S/C12H13ClO3.Na/c13-10-5-1-3-9(7-10)4-2-6-12(8-16-12)11(14)15;/h1,3,5,7H,2,4,6,8H2,(H,14,15);/q;+1/p-1. The number of halogens is 1. The molecule has 1 fully saturated rings. The van der Waals surface area contributed by atoms with Crippen molar-refractivity contribution in [1.29, 1.82) is 0 Å². The minimum atomic E-state index is -1.10. The fourth-order valence-corrected chi connectivity index (χ4v) is 1.93. The van der Waals surface area contributed by atoms with Gasteiger partial charge in [0.1, 0.15) is 5.60 Å². The zero-order chi connectivity index (χ0) is 11.6. The summed E-state index contributed by atoms with van der Waals surface area (Å²) in [6.45, 7) is 0.283. The minimum absolute atomic E-state index is 0. The first-order valence-electron chi connectivity index (χ1n) is 5.22. The number of benzene rings is 1. The maximum atomic E-state index is 10.7. The average Bonchev–Trinajstić information content (AvgIpc) is 2.99. The van der Waals surface area contributed by atoms with E-state index in [9.17, 15) is 9.90 Å². The van der Waals surface area contributed by atoms with Crippen molar-refractivity contribution >= 4 is 17.6 Å². The van der Waals surface area contributed by atoms with Crippen molar-refractivity contribution in [2.24, 2.45) is 0 Å². The number of aliphatic carboxylic acids is 1. The van der Waals surface area contributed by atoms with E-state index in [-0.39, 0.29) is 36.2 Å². The van der Waals surface area contributed by atoms with Gasteiger partial charge in [-0.2, -0.15) is 0 Å². The van der Waals surface area contributed by atoms with Crippen LogP contribution in [0.3, 0.4) is 0 Å². The van der Waals surface area contributed by atoms with Crippen molar-refractivity contribution in [2.75, 3.05) is 6.61 Å². The second kappa shape index (κ2) is 6.21. The molecule has 17 heavy (non-hydrogen) atoms. The fraction of sp³-hybridized carbons (Fsp3) is 0.417. The van der Waals surface area contributed by atoms with E-state index in [1.807, 2.05) is 24.3 Å². The number of ether oxygens (including phenoxy) is 1. The molecule has 0 N–H and O–H groups in total. The summed E-state index contributed by atoms with van der Waals surface area (Å²) < 4.78 is 4.93. The van der Waals surface area contributed by atoms with Crippen LogP contribution in [0.2, 0.25) is 5.02 Å². The molecule has 0 amide bonds. The van der Waals surface area contributed by atoms with Crippen molar-refractivity contribution in [2.45, 2.75) is 24.9 Å². The van der Waals surface area contributed by atoms with Crippen molar-refractivity contribution in [3.8, 4) is 0 Å². The molecule has 86 valence electrons. The molecule has 1 saturated heterocycles. The first-order chi connectivity index (χ1) is 7.62. The molecular weight excluding hydrogens is 251 g/mol. The number of rotatable bonds is 5. The Morgan fingerprint density at radius 2 is 2.24 bits per heavy atom. The molecular formula is C12H12ClNaO3. The van der Waals surface area contributed by atoms with Crippen molar-refractivity contribution in [1.82, 2.24) is 0 Å². The van der Waals surface area contributed by atoms with Gasteiger partial charge < -0.3 is 14.6 Å². The zero-order valence-electron chi connectivity index (χ0n) is 9.74. The molecule has 1 aliphatic heterocycles. The Kier molecular flexibility index (Phi) is 5.48. The minimum Gasteiger partial charge on any atom is -0.547 e. The predicted molar refractivity (Wildman–Crippen MR) is 58.1 cm³/mol. The van der Waals surface area contributed by atoms with Gasteiger partial charge in [0, 0.05) is 5.02 Å². The van der Waals surface area contributed by atoms with Crippen LogP contribution in [0, 0.1) is 0 Å². The molecule has 1 heterocycles. The summed E-state index contributed by atoms with van der Waals surface area (Å²) in [6.07, 6.45) is 2.06. The van der Waals surface area contributed by atoms with E-state index in [1.54, 1.807) is 0 Å². The molecule has 1 unspecified atom stereocenters. The Hall–Kier alpha value is -0.0600. The van der Waals surface area contributed by atoms with Crippen LogP contribution in [0.1, 0.15) is 18.4 Å². The van der Waals surface area contributed by atoms with Gasteiger partial charge in [-0.3, -0.25) is 0 Å². The SMILES string of the molecule is O=C([O-])C1(CCCc2cccc(Cl)c2)CO1.[Na+]. The molecule has 0 radical (unpaired) electrons. The summed E-state index contributed by atoms with van der Waals surface area (Å²) in [6, 6.07) is 7.57. The second-order valence-corrected chi connectivity index (χ2v) is 4.49. The van der Waals surface area contributed by atoms with Gasteiger partial charge >= 0.3 is 29.6 Å². The molecule has 0 saturated carbocycles. The Labute approximate surface area is 127 Å². The van der Waals surface area contributed by atoms with E-state index in [0.717, 1.165) is 18.4 Å². The smallest absolute Gasteiger partial charge is 0.547 e. The van der Waals surface area contributed by atoms with Gasteiger partial charge in [0.25, 0.3) is 0 Å². The number of carboxylic acids is 1. The third-order valence-corrected chi connectivity index (χ3v) is 3.04. The summed E-state index contributed by atoms with van der Waals surface area (Å²) in [5.41, 5.74) is 0.111. The van der Waals surface area contributed by atoms with Crippen molar-refractivity contribution < 1.29 is 44.2 Å². The summed E-state index contributed by atoms with van der Waals surface area (Å²) in [7, 11) is 0. The van der Waals surface area contributed by atoms with Crippen LogP contribution >= 0.6 is 11.6 Å². The largest absolute Gasteiger partial charge is 1.00 e. The van der Waals surface area contributed by atoms with Gasteiger partial charge in [-0.05, 0) is 37.0 Å². The van der Waals surface area contributed by atoms with Gasteiger partial charge in [-0.1, -0.05) is 23.7 Å². The maximum absolute atomic E-state index is 10.7. The average molecular weight is 263 g/mol. The Morgan fingerprint density at radius 1 is 1.53 bits per heavy atom. The first-order valence-corrected chi connectivity index (χ1v) is 5.60. The van der Waals surface area contributed by atoms with Gasteiger partial charge in [0.2, 0.25) is 0 Å². The first kappa shape index (κ1) is 15.0. The third-order valence-electron chi connectivity index (χ3n) is 2.80. The van der Waals surface area contributed by atoms with Crippen LogP contribution < -0.4 is 34.7 Å². The molecule has 3 nitrogen and oxygen atoms in total. The number of epoxide rings is 1. The number of carbonyl (C=O) groups is 1. The van der Waals surface area contributed by atoms with Crippen LogP contribution in [0.25, 0.3) is 0 Å². The second-order valence-electron chi connectivity index (χ2n) is 4.05. The van der Waals surface area contributed by atoms with Crippen LogP contribution in [0.5, 0.6) is 0 Å². The molecule has 5 heteroatoms. The monoisotopic (exact) mass is 262 g/mol. The number of carbonyl (C=O) groups excluding carboxylic acids is 1. The molecule has 1 aliphatic rings. The van der Waals surface area contributed by atoms with Gasteiger partial charge in [0.05, 0.1) is 12.6 Å². The Balaban J connectivity index is 0.00000144. The molecule has 0 spiro atoms. The predicted octanol–water partition coefficient (Wildman–Crippen LogP) is -1.81. The van der Waals surface area contributed by atoms with E-state index in [1.165, 1.54) is 0 Å². The van der Waals surface area contributed by atoms with E-state index in [4.69, 9.17) is 16.3 Å². The fourth-order valence-electron chi connectivity index (χ4n) is 1.72. The third kappa shape index (κ3) is 3.97. The van der Waals surface area contributed by atoms with Gasteiger partial charge in [-0.25, -0.2) is 0 Å². The summed E-state index contributed by atoms with van der Waals surface area (Å²) in [5, 5.41) is 11.4. The molecule has 1 aromatic rings. The Bertz CT molecular complexity index is 404. The summed E-state index contributed by atoms with van der Waals surface area (Å²) in [5.74, 6) is -1.10. The quantitative estimate of drug-likeness (QED) is 0.464. The van der Waals surface area contributed by atoms with Crippen LogP contribution in [-0.4, -0.2) is 18.2 Å². The maximum Gasteiger partial charge on any atom is 1.00 e. The van der Waals surface area contributed by atoms with Crippen LogP contribution in [0.15, 0.2) is 24.3 Å². The van der Waals surface area contributed by atoms with Crippen LogP contribution in [0.4, 0.5) is 0 Å². The zero-order valence-corrected chi connectivity index (χ0v) is 12.5. The van der Waals surface area contributed by atoms with E-state index in [0.29, 0.717) is 11.4 Å². The molecule has 2 rings (SSSR count). The number of hydrogen-bond donors (Lipinski definition) is 0. The van der Waals surface area contributed by atoms with E-state index >= 15 is 0 Å². The Morgan fingerprint density at radius 3 is 2.76 bits per heavy atom. The molecule has 1 atom stereocenters. The summed E-state index contributed by atoms with van der Waals surface area (Å²) >= 11 is 5.85. The van der Waals surface area contributed by atoms with E-state index in [2.05, 4.69) is 0 Å². The molecule has 0 aromatic heterocycles. The van der Waals surface area contributed by atoms with Crippen LogP contribution in [-0.2, 0) is 16.0 Å². The molecule has 1 aromatic carbocycles. The van der Waals surface area contributed by atoms with Crippen molar-refractivity contribution in [3.05, 3.63) is 34.9 Å². The topological polar surface area (TPSA) is 52.7 Å². The molecule has 0 bridgehead atoms. The van der Waals surface area contributed by atoms with E-state index < -0.39 is 11.6 Å². The molecule has 0 aliphatic carbocycles. The van der Waals surface area contributed by atoms with Crippen molar-refractivity contribution in [3.63, 3.8) is 0 Å². The number of carboxylic acid groups (broad SMARTS) is 1. The van der Waals surface area contributed by atoms with Gasteiger partial charge in [0.15, 0.2) is 0 Å². The normalized spacial score (nSPS) is 21.7. The summed E-state index contributed by atoms with van der Waals surface area (Å²) in [4.78, 5) is 10.7. The number of aryl methyl sites for hydroxylation is 1. The van der Waals surface area contributed by atoms with Gasteiger partial charge in [-0.15, -0.1) is 0 Å².